The van der Waals surface area contributed by atoms with Gasteiger partial charge in [0.25, 0.3) is 0 Å². The van der Waals surface area contributed by atoms with Crippen LogP contribution in [0.4, 0.5) is 0 Å². The van der Waals surface area contributed by atoms with E-state index >= 15 is 0 Å². The van der Waals surface area contributed by atoms with Gasteiger partial charge in [-0.3, -0.25) is 0 Å². The van der Waals surface area contributed by atoms with Crippen molar-refractivity contribution in [1.82, 2.24) is 0 Å². The van der Waals surface area contributed by atoms with Crippen LogP contribution in [0.15, 0.2) is 121 Å². The Hall–Kier alpha value is -5.32. The number of methoxy groups -OCH3 is 1. The molecule has 4 aromatic rings. The summed E-state index contributed by atoms with van der Waals surface area (Å²) in [5, 5.41) is 0. The van der Waals surface area contributed by atoms with Crippen LogP contribution in [-0.2, 0) is 28.4 Å². The average molecular weight is 611 g/mol. The minimum atomic E-state index is -1.97. The Labute approximate surface area is 259 Å². The Bertz CT molecular complexity index is 1600. The van der Waals surface area contributed by atoms with Gasteiger partial charge in [-0.15, -0.1) is 0 Å². The standard InChI is InChI=1S/C35H30O10/c1-40-35(23-41-31(36)24-14-6-2-7-15-24)30(45-34(39)27-20-12-5-13-21-27)29(44-33(38)26-18-10-4-11-19-26)28(22-42-35)43-32(37)25-16-8-3-9-17-25/h2-21,28-30H,22-23H2,1H3/t28-,29-,30+,35?/m1/s1. The third kappa shape index (κ3) is 7.43. The zero-order chi connectivity index (χ0) is 31.6. The summed E-state index contributed by atoms with van der Waals surface area (Å²) in [5.41, 5.74) is 0.882. The first-order chi connectivity index (χ1) is 21.9. The molecule has 0 radical (unpaired) electrons. The Balaban J connectivity index is 1.51. The van der Waals surface area contributed by atoms with Gasteiger partial charge in [-0.25, -0.2) is 19.2 Å². The molecule has 4 aromatic carbocycles. The summed E-state index contributed by atoms with van der Waals surface area (Å²) >= 11 is 0. The fourth-order valence-electron chi connectivity index (χ4n) is 4.73. The van der Waals surface area contributed by atoms with Crippen LogP contribution in [0.25, 0.3) is 0 Å². The van der Waals surface area contributed by atoms with Crippen molar-refractivity contribution in [2.75, 3.05) is 20.3 Å². The smallest absolute Gasteiger partial charge is 0.338 e. The van der Waals surface area contributed by atoms with Gasteiger partial charge in [-0.2, -0.15) is 0 Å². The number of esters is 4. The maximum atomic E-state index is 13.4. The summed E-state index contributed by atoms with van der Waals surface area (Å²) in [6.45, 7) is -0.926. The van der Waals surface area contributed by atoms with Crippen molar-refractivity contribution in [3.63, 3.8) is 0 Å². The summed E-state index contributed by atoms with van der Waals surface area (Å²) in [5.74, 6) is -4.98. The van der Waals surface area contributed by atoms with E-state index in [9.17, 15) is 19.2 Å². The van der Waals surface area contributed by atoms with Gasteiger partial charge in [0.2, 0.25) is 5.79 Å². The average Bonchev–Trinajstić information content (AvgIpc) is 3.10. The molecule has 10 nitrogen and oxygen atoms in total. The molecule has 1 aliphatic heterocycles. The highest BCUT2D eigenvalue weighted by molar-refractivity contribution is 5.91. The summed E-state index contributed by atoms with van der Waals surface area (Å²) in [7, 11) is 1.27. The van der Waals surface area contributed by atoms with E-state index < -0.39 is 54.6 Å². The van der Waals surface area contributed by atoms with E-state index in [4.69, 9.17) is 28.4 Å². The second-order valence-electron chi connectivity index (χ2n) is 10.0. The minimum absolute atomic E-state index is 0.181. The Morgan fingerprint density at radius 1 is 0.600 bits per heavy atom. The molecule has 1 heterocycles. The summed E-state index contributed by atoms with van der Waals surface area (Å²) in [6.07, 6.45) is -4.29. The van der Waals surface area contributed by atoms with Gasteiger partial charge in [0.1, 0.15) is 6.61 Å². The van der Waals surface area contributed by atoms with Crippen LogP contribution in [0.1, 0.15) is 41.4 Å². The molecular formula is C35H30O10. The SMILES string of the molecule is COC1(COC(=O)c2ccccc2)OC[C@@H](OC(=O)c2ccccc2)[C@@H](OC(=O)c2ccccc2)[C@@H]1OC(=O)c1ccccc1. The largest absolute Gasteiger partial charge is 0.456 e. The van der Waals surface area contributed by atoms with E-state index in [1.54, 1.807) is 109 Å². The second-order valence-corrected chi connectivity index (χ2v) is 10.0. The van der Waals surface area contributed by atoms with Gasteiger partial charge < -0.3 is 28.4 Å². The Morgan fingerprint density at radius 3 is 1.44 bits per heavy atom. The molecule has 0 aromatic heterocycles. The summed E-state index contributed by atoms with van der Waals surface area (Å²) in [6, 6.07) is 32.7. The van der Waals surface area contributed by atoms with Crippen LogP contribution in [-0.4, -0.2) is 68.3 Å². The van der Waals surface area contributed by atoms with Crippen LogP contribution in [0.5, 0.6) is 0 Å². The third-order valence-corrected chi connectivity index (χ3v) is 7.11. The zero-order valence-electron chi connectivity index (χ0n) is 24.3. The minimum Gasteiger partial charge on any atom is -0.456 e. The van der Waals surface area contributed by atoms with E-state index in [0.29, 0.717) is 0 Å². The maximum absolute atomic E-state index is 13.4. The quantitative estimate of drug-likeness (QED) is 0.181. The van der Waals surface area contributed by atoms with Gasteiger partial charge in [0, 0.05) is 7.11 Å². The second kappa shape index (κ2) is 14.4. The van der Waals surface area contributed by atoms with Crippen molar-refractivity contribution in [1.29, 1.82) is 0 Å². The first-order valence-corrected chi connectivity index (χ1v) is 14.1. The first-order valence-electron chi connectivity index (χ1n) is 14.1. The lowest BCUT2D eigenvalue weighted by atomic mass is 9.95. The topological polar surface area (TPSA) is 124 Å². The molecule has 0 spiro atoms. The van der Waals surface area contributed by atoms with Gasteiger partial charge in [-0.1, -0.05) is 72.8 Å². The number of ether oxygens (including phenoxy) is 6. The number of hydrogen-bond acceptors (Lipinski definition) is 10. The van der Waals surface area contributed by atoms with Gasteiger partial charge in [-0.05, 0) is 48.5 Å². The summed E-state index contributed by atoms with van der Waals surface area (Å²) < 4.78 is 35.1. The molecule has 0 bridgehead atoms. The monoisotopic (exact) mass is 610 g/mol. The van der Waals surface area contributed by atoms with Crippen molar-refractivity contribution in [3.05, 3.63) is 144 Å². The molecule has 45 heavy (non-hydrogen) atoms. The molecule has 10 heteroatoms. The molecule has 1 fully saturated rings. The number of rotatable bonds is 10. The molecule has 1 aliphatic rings. The fourth-order valence-corrected chi connectivity index (χ4v) is 4.73. The molecule has 0 amide bonds. The highest BCUT2D eigenvalue weighted by atomic mass is 16.8. The molecule has 4 atom stereocenters. The van der Waals surface area contributed by atoms with E-state index in [0.717, 1.165) is 0 Å². The van der Waals surface area contributed by atoms with E-state index in [1.807, 2.05) is 0 Å². The number of hydrogen-bond donors (Lipinski definition) is 0. The van der Waals surface area contributed by atoms with E-state index in [-0.39, 0.29) is 28.9 Å². The van der Waals surface area contributed by atoms with Crippen molar-refractivity contribution >= 4 is 23.9 Å². The number of carbonyl (C=O) groups excluding carboxylic acids is 4. The number of benzene rings is 4. The van der Waals surface area contributed by atoms with Crippen molar-refractivity contribution < 1.29 is 47.6 Å². The van der Waals surface area contributed by atoms with Crippen LogP contribution < -0.4 is 0 Å². The lowest BCUT2D eigenvalue weighted by Gasteiger charge is -2.46. The van der Waals surface area contributed by atoms with Crippen molar-refractivity contribution in [2.45, 2.75) is 24.1 Å². The van der Waals surface area contributed by atoms with Crippen LogP contribution in [0.3, 0.4) is 0 Å². The molecule has 1 unspecified atom stereocenters. The van der Waals surface area contributed by atoms with Crippen molar-refractivity contribution in [2.24, 2.45) is 0 Å². The zero-order valence-corrected chi connectivity index (χ0v) is 24.3. The third-order valence-electron chi connectivity index (χ3n) is 7.11. The summed E-state index contributed by atoms with van der Waals surface area (Å²) in [4.78, 5) is 52.9. The molecule has 0 N–H and O–H groups in total. The Morgan fingerprint density at radius 2 is 1.00 bits per heavy atom. The normalized spacial score (nSPS) is 20.8. The molecule has 5 rings (SSSR count). The van der Waals surface area contributed by atoms with Crippen LogP contribution >= 0.6 is 0 Å². The predicted octanol–water partition coefficient (Wildman–Crippen LogP) is 4.89. The van der Waals surface area contributed by atoms with Gasteiger partial charge in [0.15, 0.2) is 18.3 Å². The highest BCUT2D eigenvalue weighted by Gasteiger charge is 2.58. The molecule has 1 saturated heterocycles. The molecular weight excluding hydrogens is 580 g/mol. The lowest BCUT2D eigenvalue weighted by molar-refractivity contribution is -0.337. The molecule has 0 saturated carbocycles. The highest BCUT2D eigenvalue weighted by Crippen LogP contribution is 2.35. The van der Waals surface area contributed by atoms with E-state index in [1.165, 1.54) is 19.2 Å². The van der Waals surface area contributed by atoms with Crippen LogP contribution in [0.2, 0.25) is 0 Å². The fraction of sp³-hybridized carbons (Fsp3) is 0.200. The first kappa shape index (κ1) is 31.1. The molecule has 230 valence electrons. The van der Waals surface area contributed by atoms with Crippen molar-refractivity contribution in [3.8, 4) is 0 Å². The van der Waals surface area contributed by atoms with E-state index in [2.05, 4.69) is 0 Å². The van der Waals surface area contributed by atoms with Gasteiger partial charge >= 0.3 is 23.9 Å². The number of carbonyl (C=O) groups is 4. The van der Waals surface area contributed by atoms with Crippen LogP contribution in [0, 0.1) is 0 Å². The Kier molecular flexibility index (Phi) is 9.98. The maximum Gasteiger partial charge on any atom is 0.338 e. The van der Waals surface area contributed by atoms with Gasteiger partial charge in [0.05, 0.1) is 28.9 Å². The lowest BCUT2D eigenvalue weighted by Crippen LogP contribution is -2.66. The predicted molar refractivity (Wildman–Crippen MR) is 159 cm³/mol. The molecule has 0 aliphatic carbocycles.